The second-order valence-electron chi connectivity index (χ2n) is 6.14. The Morgan fingerprint density at radius 3 is 2.44 bits per heavy atom. The lowest BCUT2D eigenvalue weighted by Crippen LogP contribution is -2.53. The standard InChI is InChI=1S/C16H23NO/c17-15-10-12-6-4-5-7-13(12)11-16(15,18)14-8-2-1-3-9-14/h1-3,8-9,12-13,15,18H,4-7,10-11,17H2/t12-,13+,15+,16-/m1/s1. The van der Waals surface area contributed by atoms with E-state index in [0.717, 1.165) is 24.3 Å². The van der Waals surface area contributed by atoms with Crippen LogP contribution in [-0.2, 0) is 5.60 Å². The second-order valence-corrected chi connectivity index (χ2v) is 6.14. The molecule has 0 bridgehead atoms. The minimum atomic E-state index is -0.806. The van der Waals surface area contributed by atoms with Gasteiger partial charge in [-0.15, -0.1) is 0 Å². The highest BCUT2D eigenvalue weighted by Crippen LogP contribution is 2.47. The van der Waals surface area contributed by atoms with Gasteiger partial charge in [0.25, 0.3) is 0 Å². The SMILES string of the molecule is N[C@H]1C[C@H]2CCCC[C@H]2C[C@@]1(O)c1ccccc1. The second kappa shape index (κ2) is 4.67. The molecule has 0 spiro atoms. The average molecular weight is 245 g/mol. The molecule has 2 fully saturated rings. The minimum Gasteiger partial charge on any atom is -0.384 e. The van der Waals surface area contributed by atoms with E-state index in [-0.39, 0.29) is 6.04 Å². The summed E-state index contributed by atoms with van der Waals surface area (Å²) in [5, 5.41) is 11.0. The van der Waals surface area contributed by atoms with E-state index in [1.54, 1.807) is 0 Å². The summed E-state index contributed by atoms with van der Waals surface area (Å²) in [6.45, 7) is 0. The minimum absolute atomic E-state index is 0.112. The maximum Gasteiger partial charge on any atom is 0.105 e. The van der Waals surface area contributed by atoms with Crippen LogP contribution in [0.2, 0.25) is 0 Å². The van der Waals surface area contributed by atoms with E-state index in [9.17, 15) is 5.11 Å². The zero-order chi connectivity index (χ0) is 12.6. The summed E-state index contributed by atoms with van der Waals surface area (Å²) in [6.07, 6.45) is 7.08. The smallest absolute Gasteiger partial charge is 0.105 e. The zero-order valence-corrected chi connectivity index (χ0v) is 10.9. The van der Waals surface area contributed by atoms with Crippen molar-refractivity contribution in [3.05, 3.63) is 35.9 Å². The van der Waals surface area contributed by atoms with Crippen molar-refractivity contribution in [1.82, 2.24) is 0 Å². The van der Waals surface area contributed by atoms with Crippen molar-refractivity contribution in [2.75, 3.05) is 0 Å². The summed E-state index contributed by atoms with van der Waals surface area (Å²) < 4.78 is 0. The molecule has 0 radical (unpaired) electrons. The Kier molecular flexibility index (Phi) is 3.16. The Hall–Kier alpha value is -0.860. The van der Waals surface area contributed by atoms with E-state index < -0.39 is 5.60 Å². The number of fused-ring (bicyclic) bond motifs is 1. The molecular weight excluding hydrogens is 222 g/mol. The monoisotopic (exact) mass is 245 g/mol. The maximum atomic E-state index is 11.0. The first-order chi connectivity index (χ1) is 8.70. The molecule has 2 aliphatic rings. The Labute approximate surface area is 109 Å². The van der Waals surface area contributed by atoms with E-state index in [0.29, 0.717) is 5.92 Å². The molecule has 0 amide bonds. The summed E-state index contributed by atoms with van der Waals surface area (Å²) in [7, 11) is 0. The van der Waals surface area contributed by atoms with E-state index in [4.69, 9.17) is 5.73 Å². The number of aliphatic hydroxyl groups is 1. The van der Waals surface area contributed by atoms with Gasteiger partial charge in [-0.3, -0.25) is 0 Å². The van der Waals surface area contributed by atoms with Crippen molar-refractivity contribution < 1.29 is 5.11 Å². The van der Waals surface area contributed by atoms with Gasteiger partial charge in [-0.05, 0) is 30.2 Å². The summed E-state index contributed by atoms with van der Waals surface area (Å²) in [6, 6.07) is 9.90. The molecule has 2 nitrogen and oxygen atoms in total. The lowest BCUT2D eigenvalue weighted by molar-refractivity contribution is -0.0666. The van der Waals surface area contributed by atoms with Gasteiger partial charge in [-0.1, -0.05) is 56.0 Å². The molecule has 3 N–H and O–H groups in total. The third kappa shape index (κ3) is 1.98. The molecule has 2 aliphatic carbocycles. The molecule has 1 aromatic rings. The molecule has 2 heteroatoms. The fraction of sp³-hybridized carbons (Fsp3) is 0.625. The molecule has 4 atom stereocenters. The van der Waals surface area contributed by atoms with Crippen LogP contribution in [0, 0.1) is 11.8 Å². The first kappa shape index (κ1) is 12.2. The quantitative estimate of drug-likeness (QED) is 0.799. The van der Waals surface area contributed by atoms with E-state index in [2.05, 4.69) is 0 Å². The van der Waals surface area contributed by atoms with Crippen molar-refractivity contribution in [1.29, 1.82) is 0 Å². The van der Waals surface area contributed by atoms with Crippen LogP contribution in [0.3, 0.4) is 0 Å². The Bertz CT molecular complexity index is 405. The van der Waals surface area contributed by atoms with Gasteiger partial charge < -0.3 is 10.8 Å². The third-order valence-corrected chi connectivity index (χ3v) is 5.08. The summed E-state index contributed by atoms with van der Waals surface area (Å²) in [5.41, 5.74) is 6.50. The van der Waals surface area contributed by atoms with Gasteiger partial charge in [0.2, 0.25) is 0 Å². The van der Waals surface area contributed by atoms with Crippen molar-refractivity contribution in [3.63, 3.8) is 0 Å². The van der Waals surface area contributed by atoms with Gasteiger partial charge in [0, 0.05) is 6.04 Å². The van der Waals surface area contributed by atoms with Gasteiger partial charge >= 0.3 is 0 Å². The normalized spacial score (nSPS) is 40.2. The van der Waals surface area contributed by atoms with Crippen LogP contribution in [0.5, 0.6) is 0 Å². The van der Waals surface area contributed by atoms with Gasteiger partial charge in [-0.25, -0.2) is 0 Å². The van der Waals surface area contributed by atoms with Crippen LogP contribution in [0.4, 0.5) is 0 Å². The van der Waals surface area contributed by atoms with Crippen molar-refractivity contribution in [3.8, 4) is 0 Å². The molecule has 0 heterocycles. The first-order valence-electron chi connectivity index (χ1n) is 7.23. The number of hydrogen-bond acceptors (Lipinski definition) is 2. The molecule has 18 heavy (non-hydrogen) atoms. The van der Waals surface area contributed by atoms with Crippen LogP contribution in [0.25, 0.3) is 0 Å². The van der Waals surface area contributed by atoms with Gasteiger partial charge in [0.05, 0.1) is 0 Å². The summed E-state index contributed by atoms with van der Waals surface area (Å²) in [4.78, 5) is 0. The van der Waals surface area contributed by atoms with Crippen LogP contribution >= 0.6 is 0 Å². The molecular formula is C16H23NO. The van der Waals surface area contributed by atoms with Gasteiger partial charge in [0.15, 0.2) is 0 Å². The Balaban J connectivity index is 1.87. The zero-order valence-electron chi connectivity index (χ0n) is 10.9. The lowest BCUT2D eigenvalue weighted by atomic mass is 9.62. The van der Waals surface area contributed by atoms with Crippen molar-refractivity contribution in [2.24, 2.45) is 17.6 Å². The molecule has 3 rings (SSSR count). The van der Waals surface area contributed by atoms with E-state index >= 15 is 0 Å². The molecule has 98 valence electrons. The fourth-order valence-corrected chi connectivity index (χ4v) is 3.99. The molecule has 2 saturated carbocycles. The predicted octanol–water partition coefficient (Wildman–Crippen LogP) is 2.80. The molecule has 0 unspecified atom stereocenters. The van der Waals surface area contributed by atoms with E-state index in [1.165, 1.54) is 25.7 Å². The van der Waals surface area contributed by atoms with Gasteiger partial charge in [0.1, 0.15) is 5.60 Å². The summed E-state index contributed by atoms with van der Waals surface area (Å²) in [5.74, 6) is 1.42. The van der Waals surface area contributed by atoms with Crippen LogP contribution in [0.1, 0.15) is 44.1 Å². The van der Waals surface area contributed by atoms with Crippen LogP contribution in [-0.4, -0.2) is 11.1 Å². The van der Waals surface area contributed by atoms with E-state index in [1.807, 2.05) is 30.3 Å². The highest BCUT2D eigenvalue weighted by Gasteiger charge is 2.46. The molecule has 0 aromatic heterocycles. The lowest BCUT2D eigenvalue weighted by Gasteiger charge is -2.47. The molecule has 0 saturated heterocycles. The van der Waals surface area contributed by atoms with Gasteiger partial charge in [-0.2, -0.15) is 0 Å². The third-order valence-electron chi connectivity index (χ3n) is 5.08. The largest absolute Gasteiger partial charge is 0.384 e. The molecule has 0 aliphatic heterocycles. The number of hydrogen-bond donors (Lipinski definition) is 2. The highest BCUT2D eigenvalue weighted by molar-refractivity contribution is 5.25. The highest BCUT2D eigenvalue weighted by atomic mass is 16.3. The van der Waals surface area contributed by atoms with Crippen molar-refractivity contribution in [2.45, 2.75) is 50.2 Å². The first-order valence-corrected chi connectivity index (χ1v) is 7.23. The topological polar surface area (TPSA) is 46.2 Å². The van der Waals surface area contributed by atoms with Crippen molar-refractivity contribution >= 4 is 0 Å². The number of benzene rings is 1. The number of rotatable bonds is 1. The maximum absolute atomic E-state index is 11.0. The Morgan fingerprint density at radius 1 is 1.06 bits per heavy atom. The molecule has 1 aromatic carbocycles. The number of nitrogens with two attached hydrogens (primary N) is 1. The fourth-order valence-electron chi connectivity index (χ4n) is 3.99. The van der Waals surface area contributed by atoms with Crippen LogP contribution < -0.4 is 5.73 Å². The van der Waals surface area contributed by atoms with Crippen LogP contribution in [0.15, 0.2) is 30.3 Å². The Morgan fingerprint density at radius 2 is 1.72 bits per heavy atom. The predicted molar refractivity (Wildman–Crippen MR) is 73.0 cm³/mol. The average Bonchev–Trinajstić information content (AvgIpc) is 2.41. The summed E-state index contributed by atoms with van der Waals surface area (Å²) >= 11 is 0.